The van der Waals surface area contributed by atoms with E-state index in [1.54, 1.807) is 20.8 Å². The largest absolute Gasteiger partial charge is 0.299 e. The summed E-state index contributed by atoms with van der Waals surface area (Å²) in [6.07, 6.45) is 0.288. The van der Waals surface area contributed by atoms with E-state index in [9.17, 15) is 13.6 Å². The lowest BCUT2D eigenvalue weighted by Crippen LogP contribution is -2.20. The lowest BCUT2D eigenvalue weighted by atomic mass is 9.83. The second-order valence-corrected chi connectivity index (χ2v) is 4.18. The molecule has 0 aliphatic rings. The number of ketones is 1. The van der Waals surface area contributed by atoms with Crippen molar-refractivity contribution in [1.82, 2.24) is 0 Å². The van der Waals surface area contributed by atoms with Crippen molar-refractivity contribution in [1.29, 1.82) is 0 Å². The highest BCUT2D eigenvalue weighted by Gasteiger charge is 2.28. The van der Waals surface area contributed by atoms with Crippen LogP contribution in [-0.4, -0.2) is 5.78 Å². The maximum Gasteiger partial charge on any atom is 0.140 e. The van der Waals surface area contributed by atoms with Crippen molar-refractivity contribution in [2.24, 2.45) is 5.92 Å². The van der Waals surface area contributed by atoms with Crippen molar-refractivity contribution in [2.45, 2.75) is 33.1 Å². The molecule has 0 aliphatic heterocycles. The first-order chi connectivity index (χ1) is 7.49. The number of rotatable bonds is 4. The predicted octanol–water partition coefficient (Wildman–Crippen LogP) is 3.68. The highest BCUT2D eigenvalue weighted by Crippen LogP contribution is 2.30. The molecule has 0 radical (unpaired) electrons. The van der Waals surface area contributed by atoms with Crippen LogP contribution in [0.15, 0.2) is 18.2 Å². The fraction of sp³-hybridized carbons (Fsp3) is 0.462. The average molecular weight is 226 g/mol. The molecule has 0 aromatic heterocycles. The standard InChI is InChI=1S/C13H16F2O/c1-4-11(16)12(8(2)3)13-9(14)6-5-7-10(13)15/h5-8,12H,4H2,1-3H3. The molecule has 0 heterocycles. The topological polar surface area (TPSA) is 17.1 Å². The van der Waals surface area contributed by atoms with Crippen LogP contribution in [0.3, 0.4) is 0 Å². The molecule has 1 unspecified atom stereocenters. The molecular weight excluding hydrogens is 210 g/mol. The maximum atomic E-state index is 13.6. The van der Waals surface area contributed by atoms with Gasteiger partial charge in [0.1, 0.15) is 17.4 Å². The third-order valence-electron chi connectivity index (χ3n) is 2.67. The van der Waals surface area contributed by atoms with Crippen molar-refractivity contribution in [3.63, 3.8) is 0 Å². The van der Waals surface area contributed by atoms with E-state index in [0.717, 1.165) is 0 Å². The molecule has 0 saturated carbocycles. The Kier molecular flexibility index (Phi) is 4.16. The van der Waals surface area contributed by atoms with Crippen LogP contribution in [0.5, 0.6) is 0 Å². The second-order valence-electron chi connectivity index (χ2n) is 4.18. The normalized spacial score (nSPS) is 12.9. The van der Waals surface area contributed by atoms with Gasteiger partial charge in [-0.15, -0.1) is 0 Å². The van der Waals surface area contributed by atoms with Crippen LogP contribution in [-0.2, 0) is 4.79 Å². The number of carbonyl (C=O) groups excluding carboxylic acids is 1. The number of hydrogen-bond donors (Lipinski definition) is 0. The summed E-state index contributed by atoms with van der Waals surface area (Å²) in [4.78, 5) is 11.7. The van der Waals surface area contributed by atoms with Crippen LogP contribution in [0.4, 0.5) is 8.78 Å². The first kappa shape index (κ1) is 12.8. The summed E-state index contributed by atoms with van der Waals surface area (Å²) in [5, 5.41) is 0. The molecule has 88 valence electrons. The molecule has 0 amide bonds. The Balaban J connectivity index is 3.26. The number of carbonyl (C=O) groups is 1. The number of Topliss-reactive ketones (excluding diaryl/α,β-unsaturated/α-hetero) is 1. The molecule has 0 fully saturated rings. The lowest BCUT2D eigenvalue weighted by Gasteiger charge is -2.20. The molecular formula is C13H16F2O. The van der Waals surface area contributed by atoms with Crippen LogP contribution in [0, 0.1) is 17.6 Å². The van der Waals surface area contributed by atoms with Crippen LogP contribution in [0.2, 0.25) is 0 Å². The highest BCUT2D eigenvalue weighted by molar-refractivity contribution is 5.85. The molecule has 1 nitrogen and oxygen atoms in total. The predicted molar refractivity (Wildman–Crippen MR) is 59.2 cm³/mol. The fourth-order valence-corrected chi connectivity index (χ4v) is 1.89. The minimum atomic E-state index is -0.689. The first-order valence-corrected chi connectivity index (χ1v) is 5.45. The van der Waals surface area contributed by atoms with Crippen molar-refractivity contribution in [3.8, 4) is 0 Å². The van der Waals surface area contributed by atoms with Gasteiger partial charge in [-0.2, -0.15) is 0 Å². The lowest BCUT2D eigenvalue weighted by molar-refractivity contribution is -0.121. The minimum absolute atomic E-state index is 0.0932. The Morgan fingerprint density at radius 1 is 1.25 bits per heavy atom. The molecule has 0 saturated heterocycles. The van der Waals surface area contributed by atoms with E-state index >= 15 is 0 Å². The van der Waals surface area contributed by atoms with Gasteiger partial charge in [-0.05, 0) is 18.1 Å². The summed E-state index contributed by atoms with van der Waals surface area (Å²) in [6.45, 7) is 5.30. The van der Waals surface area contributed by atoms with E-state index in [-0.39, 0.29) is 23.7 Å². The van der Waals surface area contributed by atoms with Gasteiger partial charge in [0.2, 0.25) is 0 Å². The first-order valence-electron chi connectivity index (χ1n) is 5.45. The maximum absolute atomic E-state index is 13.6. The van der Waals surface area contributed by atoms with Gasteiger partial charge in [-0.1, -0.05) is 26.8 Å². The Morgan fingerprint density at radius 2 is 1.75 bits per heavy atom. The summed E-state index contributed by atoms with van der Waals surface area (Å²) in [7, 11) is 0. The van der Waals surface area contributed by atoms with Crippen molar-refractivity contribution < 1.29 is 13.6 Å². The molecule has 0 spiro atoms. The van der Waals surface area contributed by atoms with E-state index in [0.29, 0.717) is 0 Å². The van der Waals surface area contributed by atoms with Gasteiger partial charge in [0.25, 0.3) is 0 Å². The van der Waals surface area contributed by atoms with Gasteiger partial charge in [-0.3, -0.25) is 4.79 Å². The average Bonchev–Trinajstić information content (AvgIpc) is 2.22. The Bertz CT molecular complexity index is 365. The third-order valence-corrected chi connectivity index (χ3v) is 2.67. The minimum Gasteiger partial charge on any atom is -0.299 e. The zero-order valence-electron chi connectivity index (χ0n) is 9.76. The van der Waals surface area contributed by atoms with Crippen LogP contribution in [0.25, 0.3) is 0 Å². The van der Waals surface area contributed by atoms with E-state index in [1.807, 2.05) is 0 Å². The Labute approximate surface area is 94.5 Å². The number of benzene rings is 1. The van der Waals surface area contributed by atoms with Gasteiger partial charge in [0, 0.05) is 12.0 Å². The molecule has 16 heavy (non-hydrogen) atoms. The molecule has 0 aliphatic carbocycles. The van der Waals surface area contributed by atoms with Crippen molar-refractivity contribution in [2.75, 3.05) is 0 Å². The molecule has 0 bridgehead atoms. The van der Waals surface area contributed by atoms with E-state index in [1.165, 1.54) is 18.2 Å². The van der Waals surface area contributed by atoms with E-state index in [2.05, 4.69) is 0 Å². The zero-order chi connectivity index (χ0) is 12.3. The fourth-order valence-electron chi connectivity index (χ4n) is 1.89. The summed E-state index contributed by atoms with van der Waals surface area (Å²) in [6, 6.07) is 3.69. The molecule has 3 heteroatoms. The molecule has 0 N–H and O–H groups in total. The van der Waals surface area contributed by atoms with Crippen molar-refractivity contribution >= 4 is 5.78 Å². The molecule has 1 rings (SSSR count). The smallest absolute Gasteiger partial charge is 0.140 e. The van der Waals surface area contributed by atoms with Gasteiger partial charge in [0.05, 0.1) is 5.92 Å². The van der Waals surface area contributed by atoms with Crippen LogP contribution < -0.4 is 0 Å². The van der Waals surface area contributed by atoms with Crippen LogP contribution >= 0.6 is 0 Å². The summed E-state index contributed by atoms with van der Waals surface area (Å²) in [5.74, 6) is -2.20. The Hall–Kier alpha value is -1.25. The quantitative estimate of drug-likeness (QED) is 0.765. The summed E-state index contributed by atoms with van der Waals surface area (Å²) >= 11 is 0. The van der Waals surface area contributed by atoms with Gasteiger partial charge in [-0.25, -0.2) is 8.78 Å². The van der Waals surface area contributed by atoms with Gasteiger partial charge in [0.15, 0.2) is 0 Å². The molecule has 1 atom stereocenters. The van der Waals surface area contributed by atoms with Gasteiger partial charge < -0.3 is 0 Å². The third kappa shape index (κ3) is 2.46. The van der Waals surface area contributed by atoms with E-state index < -0.39 is 17.6 Å². The van der Waals surface area contributed by atoms with Crippen LogP contribution in [0.1, 0.15) is 38.7 Å². The summed E-state index contributed by atoms with van der Waals surface area (Å²) in [5.41, 5.74) is -0.0932. The SMILES string of the molecule is CCC(=O)C(c1c(F)cccc1F)C(C)C. The summed E-state index contributed by atoms with van der Waals surface area (Å²) < 4.78 is 27.1. The second kappa shape index (κ2) is 5.19. The zero-order valence-corrected chi connectivity index (χ0v) is 9.76. The molecule has 1 aromatic rings. The van der Waals surface area contributed by atoms with E-state index in [4.69, 9.17) is 0 Å². The van der Waals surface area contributed by atoms with Crippen molar-refractivity contribution in [3.05, 3.63) is 35.4 Å². The molecule has 1 aromatic carbocycles. The number of halogens is 2. The monoisotopic (exact) mass is 226 g/mol. The Morgan fingerprint density at radius 3 is 2.12 bits per heavy atom. The number of hydrogen-bond acceptors (Lipinski definition) is 1. The van der Waals surface area contributed by atoms with Gasteiger partial charge >= 0.3 is 0 Å². The highest BCUT2D eigenvalue weighted by atomic mass is 19.1.